The highest BCUT2D eigenvalue weighted by Crippen LogP contribution is 2.69. The summed E-state index contributed by atoms with van der Waals surface area (Å²) in [5.41, 5.74) is 1.33. The maximum atomic E-state index is 14.3. The van der Waals surface area contributed by atoms with E-state index < -0.39 is 0 Å². The van der Waals surface area contributed by atoms with Crippen LogP contribution in [0.4, 0.5) is 0 Å². The Labute approximate surface area is 196 Å². The normalized spacial score (nSPS) is 44.6. The molecule has 8 rings (SSSR count). The van der Waals surface area contributed by atoms with Crippen LogP contribution in [0, 0.1) is 28.6 Å². The van der Waals surface area contributed by atoms with Crippen LogP contribution in [0.25, 0.3) is 0 Å². The quantitative estimate of drug-likeness (QED) is 0.545. The fourth-order valence-corrected chi connectivity index (χ4v) is 9.43. The first-order valence-electron chi connectivity index (χ1n) is 13.7. The van der Waals surface area contributed by atoms with Crippen molar-refractivity contribution in [2.75, 3.05) is 0 Å². The monoisotopic (exact) mass is 449 g/mol. The Morgan fingerprint density at radius 1 is 0.939 bits per heavy atom. The maximum absolute atomic E-state index is 14.3. The van der Waals surface area contributed by atoms with Crippen molar-refractivity contribution in [1.82, 2.24) is 13.9 Å². The van der Waals surface area contributed by atoms with Crippen molar-refractivity contribution >= 4 is 0 Å². The van der Waals surface area contributed by atoms with Crippen LogP contribution in [0.1, 0.15) is 103 Å². The van der Waals surface area contributed by atoms with Gasteiger partial charge in [-0.15, -0.1) is 0 Å². The Morgan fingerprint density at radius 2 is 1.70 bits per heavy atom. The van der Waals surface area contributed by atoms with Gasteiger partial charge in [0, 0.05) is 17.9 Å². The van der Waals surface area contributed by atoms with E-state index in [9.17, 15) is 9.59 Å². The molecule has 5 heteroatoms. The van der Waals surface area contributed by atoms with Gasteiger partial charge in [0.05, 0.1) is 11.6 Å². The fraction of sp³-hybridized carbons (Fsp3) is 0.786. The molecule has 1 aromatic rings. The van der Waals surface area contributed by atoms with E-state index in [1.54, 1.807) is 10.1 Å². The molecular weight excluding hydrogens is 410 g/mol. The van der Waals surface area contributed by atoms with Gasteiger partial charge in [-0.1, -0.05) is 76.7 Å². The van der Waals surface area contributed by atoms with Crippen molar-refractivity contribution in [3.63, 3.8) is 0 Å². The molecule has 0 unspecified atom stereocenters. The summed E-state index contributed by atoms with van der Waals surface area (Å²) in [5, 5.41) is 0. The average Bonchev–Trinajstić information content (AvgIpc) is 3.22. The third-order valence-corrected chi connectivity index (χ3v) is 11.7. The molecule has 178 valence electrons. The molecule has 5 aliphatic carbocycles. The van der Waals surface area contributed by atoms with E-state index in [-0.39, 0.29) is 39.8 Å². The van der Waals surface area contributed by atoms with Crippen LogP contribution < -0.4 is 11.4 Å². The number of allylic oxidation sites excluding steroid dienone is 4. The van der Waals surface area contributed by atoms with E-state index in [2.05, 4.69) is 39.0 Å². The molecule has 7 aliphatic rings. The van der Waals surface area contributed by atoms with Gasteiger partial charge in [0.15, 0.2) is 0 Å². The Balaban J connectivity index is 1.40. The summed E-state index contributed by atoms with van der Waals surface area (Å²) >= 11 is 0. The van der Waals surface area contributed by atoms with E-state index >= 15 is 0 Å². The molecule has 0 N–H and O–H groups in total. The van der Waals surface area contributed by atoms with Crippen LogP contribution in [0.3, 0.4) is 0 Å². The van der Waals surface area contributed by atoms with Gasteiger partial charge in [-0.25, -0.2) is 23.5 Å². The summed E-state index contributed by atoms with van der Waals surface area (Å²) in [6.45, 7) is 7.08. The first kappa shape index (κ1) is 20.6. The average molecular weight is 450 g/mol. The third-order valence-electron chi connectivity index (χ3n) is 11.7. The molecule has 0 saturated heterocycles. The predicted molar refractivity (Wildman–Crippen MR) is 129 cm³/mol. The minimum Gasteiger partial charge on any atom is -0.246 e. The molecule has 5 nitrogen and oxygen atoms in total. The number of hydrogen-bond acceptors (Lipinski definition) is 2. The Morgan fingerprint density at radius 3 is 2.42 bits per heavy atom. The van der Waals surface area contributed by atoms with Gasteiger partial charge in [0.2, 0.25) is 0 Å². The predicted octanol–water partition coefficient (Wildman–Crippen LogP) is 5.33. The van der Waals surface area contributed by atoms with Crippen LogP contribution in [0.5, 0.6) is 0 Å². The topological polar surface area (TPSA) is 48.9 Å². The minimum absolute atomic E-state index is 0.00612. The van der Waals surface area contributed by atoms with Crippen LogP contribution in [0.2, 0.25) is 0 Å². The third kappa shape index (κ3) is 2.26. The lowest BCUT2D eigenvalue weighted by molar-refractivity contribution is 0.0321. The van der Waals surface area contributed by atoms with Gasteiger partial charge >= 0.3 is 11.4 Å². The lowest BCUT2D eigenvalue weighted by atomic mass is 9.55. The van der Waals surface area contributed by atoms with Crippen molar-refractivity contribution in [1.29, 1.82) is 0 Å². The molecule has 0 radical (unpaired) electrons. The van der Waals surface area contributed by atoms with Crippen molar-refractivity contribution in [2.24, 2.45) is 28.6 Å². The number of hydrogen-bond donors (Lipinski definition) is 0. The largest absolute Gasteiger partial charge is 0.348 e. The van der Waals surface area contributed by atoms with Gasteiger partial charge in [-0.2, -0.15) is 0 Å². The van der Waals surface area contributed by atoms with Crippen LogP contribution in [-0.2, 0) is 5.54 Å². The molecule has 33 heavy (non-hydrogen) atoms. The first-order valence-corrected chi connectivity index (χ1v) is 13.7. The van der Waals surface area contributed by atoms with Crippen LogP contribution >= 0.6 is 0 Å². The second kappa shape index (κ2) is 6.46. The number of aromatic nitrogens is 3. The van der Waals surface area contributed by atoms with E-state index in [0.29, 0.717) is 17.8 Å². The molecule has 3 saturated carbocycles. The Kier molecular flexibility index (Phi) is 4.03. The number of fused-ring (bicyclic) bond motifs is 2. The SMILES string of the molecule is CC1(C)[C@H]2CC[C@@]1(C)[C@H](n1c(=O)n3n(c1=O)[C@@]14C=C[C@H]3[C@H]3C=C(CCCCCCCC1)[C@H]34)C2. The Bertz CT molecular complexity index is 1190. The molecule has 4 bridgehead atoms. The van der Waals surface area contributed by atoms with Crippen LogP contribution in [0.15, 0.2) is 33.4 Å². The molecule has 3 heterocycles. The summed E-state index contributed by atoms with van der Waals surface area (Å²) in [6.07, 6.45) is 20.1. The molecular formula is C28H39N3O2. The van der Waals surface area contributed by atoms with E-state index in [0.717, 1.165) is 25.7 Å². The Hall–Kier alpha value is -1.78. The molecule has 0 aromatic carbocycles. The number of nitrogens with zero attached hydrogens (tertiary/aromatic N) is 3. The highest BCUT2D eigenvalue weighted by molar-refractivity contribution is 5.38. The van der Waals surface area contributed by atoms with Crippen molar-refractivity contribution in [3.05, 3.63) is 44.8 Å². The van der Waals surface area contributed by atoms with Crippen molar-refractivity contribution in [3.8, 4) is 0 Å². The number of rotatable bonds is 1. The summed E-state index contributed by atoms with van der Waals surface area (Å²) in [7, 11) is 0. The van der Waals surface area contributed by atoms with Gasteiger partial charge in [0.25, 0.3) is 0 Å². The summed E-state index contributed by atoms with van der Waals surface area (Å²) in [6, 6.07) is 0.0343. The molecule has 0 amide bonds. The highest BCUT2D eigenvalue weighted by Gasteiger charge is 2.64. The second-order valence-electron chi connectivity index (χ2n) is 13.0. The van der Waals surface area contributed by atoms with Gasteiger partial charge in [-0.05, 0) is 55.3 Å². The van der Waals surface area contributed by atoms with Gasteiger partial charge < -0.3 is 0 Å². The lowest BCUT2D eigenvalue weighted by Crippen LogP contribution is -2.62. The zero-order chi connectivity index (χ0) is 22.8. The zero-order valence-corrected chi connectivity index (χ0v) is 20.6. The minimum atomic E-state index is -0.344. The van der Waals surface area contributed by atoms with E-state index in [1.165, 1.54) is 44.9 Å². The van der Waals surface area contributed by atoms with E-state index in [1.807, 2.05) is 9.36 Å². The summed E-state index contributed by atoms with van der Waals surface area (Å²) in [4.78, 5) is 28.3. The van der Waals surface area contributed by atoms with Gasteiger partial charge in [0.1, 0.15) is 0 Å². The van der Waals surface area contributed by atoms with Crippen LogP contribution in [-0.4, -0.2) is 13.9 Å². The molecule has 3 fully saturated rings. The maximum Gasteiger partial charge on any atom is 0.348 e. The zero-order valence-electron chi connectivity index (χ0n) is 20.6. The fourth-order valence-electron chi connectivity index (χ4n) is 9.43. The first-order chi connectivity index (χ1) is 15.8. The smallest absolute Gasteiger partial charge is 0.246 e. The molecule has 1 aromatic heterocycles. The molecule has 1 spiro atoms. The van der Waals surface area contributed by atoms with Crippen molar-refractivity contribution in [2.45, 2.75) is 109 Å². The summed E-state index contributed by atoms with van der Waals surface area (Å²) in [5.74, 6) is 1.40. The van der Waals surface area contributed by atoms with Gasteiger partial charge in [-0.3, -0.25) is 0 Å². The standard InChI is InChI=1S/C28H39N3O2/c1-26(2)19-11-14-27(26,3)22(17-19)29-24(32)30-21-12-15-28(31(30)25(29)33)13-9-7-5-4-6-8-10-18-16-20(21)23(18)28/h12,15-16,19-23H,4-11,13-14,17H2,1-3H3/t19-,20+,21-,22+,23+,27-,28+/m0/s1. The van der Waals surface area contributed by atoms with E-state index in [4.69, 9.17) is 0 Å². The highest BCUT2D eigenvalue weighted by atomic mass is 16.2. The van der Waals surface area contributed by atoms with Crippen molar-refractivity contribution < 1.29 is 0 Å². The molecule has 7 atom stereocenters. The second-order valence-corrected chi connectivity index (χ2v) is 13.0. The lowest BCUT2D eigenvalue weighted by Gasteiger charge is -2.58. The summed E-state index contributed by atoms with van der Waals surface area (Å²) < 4.78 is 5.62. The molecule has 2 aliphatic heterocycles.